The molecule has 2 aromatic rings. The molecule has 0 radical (unpaired) electrons. The van der Waals surface area contributed by atoms with Crippen LogP contribution < -0.4 is 16.6 Å². The molecule has 4 N–H and O–H groups in total. The van der Waals surface area contributed by atoms with E-state index in [0.29, 0.717) is 6.54 Å². The summed E-state index contributed by atoms with van der Waals surface area (Å²) in [6.07, 6.45) is 2.86. The number of benzene rings is 1. The first kappa shape index (κ1) is 15.3. The van der Waals surface area contributed by atoms with Gasteiger partial charge in [0, 0.05) is 18.1 Å². The molecule has 0 saturated carbocycles. The highest BCUT2D eigenvalue weighted by molar-refractivity contribution is 5.97. The minimum atomic E-state index is -0.377. The zero-order valence-electron chi connectivity index (χ0n) is 12.2. The molecule has 0 fully saturated rings. The van der Waals surface area contributed by atoms with E-state index in [1.54, 1.807) is 6.07 Å². The number of unbranched alkanes of at least 4 members (excludes halogenated alkanes) is 1. The lowest BCUT2D eigenvalue weighted by Gasteiger charge is -2.16. The van der Waals surface area contributed by atoms with Gasteiger partial charge < -0.3 is 16.0 Å². The van der Waals surface area contributed by atoms with Gasteiger partial charge in [0.15, 0.2) is 0 Å². The van der Waals surface area contributed by atoms with E-state index in [1.807, 2.05) is 24.3 Å². The Morgan fingerprint density at radius 1 is 1.38 bits per heavy atom. The highest BCUT2D eigenvalue weighted by Gasteiger charge is 2.15. The van der Waals surface area contributed by atoms with Crippen molar-refractivity contribution in [3.63, 3.8) is 0 Å². The number of hydrogen-bond donors (Lipinski definition) is 3. The van der Waals surface area contributed by atoms with Crippen molar-refractivity contribution in [3.8, 4) is 0 Å². The average Bonchev–Trinajstić information content (AvgIpc) is 2.50. The van der Waals surface area contributed by atoms with Crippen molar-refractivity contribution in [2.24, 2.45) is 5.73 Å². The van der Waals surface area contributed by atoms with Crippen molar-refractivity contribution in [1.29, 1.82) is 0 Å². The third-order valence-corrected chi connectivity index (χ3v) is 3.52. The summed E-state index contributed by atoms with van der Waals surface area (Å²) >= 11 is 0. The van der Waals surface area contributed by atoms with Gasteiger partial charge in [-0.05, 0) is 23.9 Å². The number of H-pyrrole nitrogens is 1. The standard InChI is InChI=1S/C16H21N3O2/c1-2-3-7-12(10-17)18-15(20)13-9-11-6-4-5-8-14(11)19-16(13)21/h4-6,8-9,12H,2-3,7,10,17H2,1H3,(H,18,20)(H,19,21). The van der Waals surface area contributed by atoms with Crippen LogP contribution in [0.5, 0.6) is 0 Å². The predicted molar refractivity (Wildman–Crippen MR) is 84.4 cm³/mol. The molecule has 0 bridgehead atoms. The number of carbonyl (C=O) groups excluding carboxylic acids is 1. The summed E-state index contributed by atoms with van der Waals surface area (Å²) in [7, 11) is 0. The van der Waals surface area contributed by atoms with Gasteiger partial charge in [0.1, 0.15) is 5.56 Å². The third-order valence-electron chi connectivity index (χ3n) is 3.52. The second-order valence-electron chi connectivity index (χ2n) is 5.15. The molecule has 112 valence electrons. The van der Waals surface area contributed by atoms with E-state index in [4.69, 9.17) is 5.73 Å². The lowest BCUT2D eigenvalue weighted by molar-refractivity contribution is 0.0934. The molecule has 1 atom stereocenters. The predicted octanol–water partition coefficient (Wildman–Crippen LogP) is 1.78. The topological polar surface area (TPSA) is 88.0 Å². The Balaban J connectivity index is 2.22. The van der Waals surface area contributed by atoms with Crippen molar-refractivity contribution < 1.29 is 4.79 Å². The number of para-hydroxylation sites is 1. The Hall–Kier alpha value is -2.14. The van der Waals surface area contributed by atoms with Gasteiger partial charge in [-0.25, -0.2) is 0 Å². The number of aromatic amines is 1. The fourth-order valence-corrected chi connectivity index (χ4v) is 2.28. The van der Waals surface area contributed by atoms with Gasteiger partial charge >= 0.3 is 0 Å². The number of aromatic nitrogens is 1. The smallest absolute Gasteiger partial charge is 0.261 e. The van der Waals surface area contributed by atoms with Gasteiger partial charge in [0.25, 0.3) is 11.5 Å². The molecule has 0 spiro atoms. The summed E-state index contributed by atoms with van der Waals surface area (Å²) in [4.78, 5) is 27.0. The molecule has 21 heavy (non-hydrogen) atoms. The van der Waals surface area contributed by atoms with Gasteiger partial charge in [-0.2, -0.15) is 0 Å². The first-order chi connectivity index (χ1) is 10.2. The molecule has 0 aliphatic carbocycles. The summed E-state index contributed by atoms with van der Waals surface area (Å²) < 4.78 is 0. The van der Waals surface area contributed by atoms with Crippen molar-refractivity contribution in [2.45, 2.75) is 32.2 Å². The SMILES string of the molecule is CCCCC(CN)NC(=O)c1cc2ccccc2[nH]c1=O. The van der Waals surface area contributed by atoms with Crippen LogP contribution in [0.3, 0.4) is 0 Å². The maximum Gasteiger partial charge on any atom is 0.261 e. The number of amides is 1. The summed E-state index contributed by atoms with van der Waals surface area (Å²) in [5, 5.41) is 3.67. The number of fused-ring (bicyclic) bond motifs is 1. The van der Waals surface area contributed by atoms with Crippen LogP contribution in [-0.4, -0.2) is 23.5 Å². The number of pyridine rings is 1. The molecule has 5 heteroatoms. The van der Waals surface area contributed by atoms with Crippen LogP contribution in [0.25, 0.3) is 10.9 Å². The second kappa shape index (κ2) is 7.04. The number of carbonyl (C=O) groups is 1. The minimum Gasteiger partial charge on any atom is -0.348 e. The maximum atomic E-state index is 12.3. The van der Waals surface area contributed by atoms with E-state index in [2.05, 4.69) is 17.2 Å². The quantitative estimate of drug-likeness (QED) is 0.756. The molecule has 1 amide bonds. The Morgan fingerprint density at radius 3 is 2.86 bits per heavy atom. The van der Waals surface area contributed by atoms with Gasteiger partial charge in [-0.3, -0.25) is 9.59 Å². The van der Waals surface area contributed by atoms with Gasteiger partial charge in [0.05, 0.1) is 0 Å². The highest BCUT2D eigenvalue weighted by atomic mass is 16.2. The number of rotatable bonds is 6. The van der Waals surface area contributed by atoms with Crippen molar-refractivity contribution in [3.05, 3.63) is 46.2 Å². The van der Waals surface area contributed by atoms with Crippen LogP contribution in [0.4, 0.5) is 0 Å². The molecule has 0 saturated heterocycles. The summed E-state index contributed by atoms with van der Waals surface area (Å²) in [5.41, 5.74) is 6.14. The van der Waals surface area contributed by atoms with Crippen LogP contribution in [0.1, 0.15) is 36.5 Å². The van der Waals surface area contributed by atoms with E-state index < -0.39 is 0 Å². The van der Waals surface area contributed by atoms with Crippen molar-refractivity contribution in [1.82, 2.24) is 10.3 Å². The molecule has 1 aromatic heterocycles. The molecular formula is C16H21N3O2. The molecule has 0 aliphatic rings. The van der Waals surface area contributed by atoms with Crippen LogP contribution in [0, 0.1) is 0 Å². The highest BCUT2D eigenvalue weighted by Crippen LogP contribution is 2.10. The number of nitrogens with two attached hydrogens (primary N) is 1. The second-order valence-corrected chi connectivity index (χ2v) is 5.15. The van der Waals surface area contributed by atoms with Gasteiger partial charge in [0.2, 0.25) is 0 Å². The van der Waals surface area contributed by atoms with E-state index in [1.165, 1.54) is 0 Å². The van der Waals surface area contributed by atoms with E-state index in [0.717, 1.165) is 30.2 Å². The number of hydrogen-bond acceptors (Lipinski definition) is 3. The fourth-order valence-electron chi connectivity index (χ4n) is 2.28. The Morgan fingerprint density at radius 2 is 2.14 bits per heavy atom. The summed E-state index contributed by atoms with van der Waals surface area (Å²) in [6, 6.07) is 8.90. The van der Waals surface area contributed by atoms with E-state index in [9.17, 15) is 9.59 Å². The lowest BCUT2D eigenvalue weighted by Crippen LogP contribution is -2.41. The molecule has 1 aromatic carbocycles. The first-order valence-corrected chi connectivity index (χ1v) is 7.28. The zero-order valence-corrected chi connectivity index (χ0v) is 12.2. The molecule has 2 rings (SSSR count). The molecule has 5 nitrogen and oxygen atoms in total. The molecule has 1 unspecified atom stereocenters. The third kappa shape index (κ3) is 3.70. The van der Waals surface area contributed by atoms with E-state index >= 15 is 0 Å². The summed E-state index contributed by atoms with van der Waals surface area (Å²) in [5.74, 6) is -0.367. The Kier molecular flexibility index (Phi) is 5.11. The first-order valence-electron chi connectivity index (χ1n) is 7.28. The minimum absolute atomic E-state index is 0.0941. The fraction of sp³-hybridized carbons (Fsp3) is 0.375. The maximum absolute atomic E-state index is 12.3. The van der Waals surface area contributed by atoms with Crippen LogP contribution in [0.15, 0.2) is 35.1 Å². The van der Waals surface area contributed by atoms with Crippen molar-refractivity contribution >= 4 is 16.8 Å². The van der Waals surface area contributed by atoms with Crippen molar-refractivity contribution in [2.75, 3.05) is 6.54 Å². The van der Waals surface area contributed by atoms with E-state index in [-0.39, 0.29) is 23.1 Å². The summed E-state index contributed by atoms with van der Waals surface area (Å²) in [6.45, 7) is 2.46. The van der Waals surface area contributed by atoms with Crippen LogP contribution >= 0.6 is 0 Å². The average molecular weight is 287 g/mol. The van der Waals surface area contributed by atoms with Gasteiger partial charge in [-0.1, -0.05) is 38.0 Å². The van der Waals surface area contributed by atoms with Gasteiger partial charge in [-0.15, -0.1) is 0 Å². The molecule has 1 heterocycles. The van der Waals surface area contributed by atoms with Crippen LogP contribution in [0.2, 0.25) is 0 Å². The lowest BCUT2D eigenvalue weighted by atomic mass is 10.1. The molecule has 0 aliphatic heterocycles. The Labute approximate surface area is 123 Å². The van der Waals surface area contributed by atoms with Crippen LogP contribution in [-0.2, 0) is 0 Å². The monoisotopic (exact) mass is 287 g/mol. The normalized spacial score (nSPS) is 12.3. The zero-order chi connectivity index (χ0) is 15.2. The number of nitrogens with one attached hydrogen (secondary N) is 2. The Bertz CT molecular complexity index is 679. The largest absolute Gasteiger partial charge is 0.348 e. The molecular weight excluding hydrogens is 266 g/mol.